The van der Waals surface area contributed by atoms with Gasteiger partial charge in [-0.05, 0) is 54.4 Å². The fraction of sp³-hybridized carbons (Fsp3) is 0.342. The minimum absolute atomic E-state index is 0.163. The lowest BCUT2D eigenvalue weighted by molar-refractivity contribution is -0.123. The zero-order valence-electron chi connectivity index (χ0n) is 28.7. The van der Waals surface area contributed by atoms with Crippen molar-refractivity contribution >= 4 is 29.3 Å². The molecule has 2 saturated heterocycles. The number of amides is 4. The summed E-state index contributed by atoms with van der Waals surface area (Å²) in [5.74, 6) is -0.646. The third-order valence-corrected chi connectivity index (χ3v) is 9.30. The van der Waals surface area contributed by atoms with E-state index in [1.54, 1.807) is 29.6 Å². The van der Waals surface area contributed by atoms with Gasteiger partial charge in [-0.25, -0.2) is 4.98 Å². The lowest BCUT2D eigenvalue weighted by atomic mass is 10.1. The van der Waals surface area contributed by atoms with Gasteiger partial charge >= 0.3 is 0 Å². The standard InChI is InChI=1S/C38H41N7O7/c46-35-24-51-30-19-27(36(47)40-10-3-12-43-13-11-39-25-43)18-28(20-30)37(48)42-32-22-45(23-34(32)52-29-8-6-26(7-9-29)21-41-35)38(49)31-4-1-2-5-33(31)44-14-16-50-17-15-44/h1-2,4-9,11,13,18-20,25,32,34H,3,10,12,14-17,21-24H2,(H,40,47)(H,41,46)(H,42,48)/t32-,34-/m0/s1. The lowest BCUT2D eigenvalue weighted by Crippen LogP contribution is -2.45. The van der Waals surface area contributed by atoms with Crippen molar-refractivity contribution in [3.05, 3.63) is 108 Å². The third-order valence-electron chi connectivity index (χ3n) is 9.30. The number of morpholine rings is 1. The monoisotopic (exact) mass is 707 g/mol. The van der Waals surface area contributed by atoms with Crippen LogP contribution in [0.1, 0.15) is 43.1 Å². The van der Waals surface area contributed by atoms with Crippen LogP contribution < -0.4 is 30.3 Å². The van der Waals surface area contributed by atoms with E-state index >= 15 is 0 Å². The topological polar surface area (TPSA) is 156 Å². The fourth-order valence-corrected chi connectivity index (χ4v) is 6.54. The molecule has 0 aliphatic carbocycles. The maximum atomic E-state index is 14.1. The molecule has 1 aromatic heterocycles. The molecule has 4 bridgehead atoms. The van der Waals surface area contributed by atoms with E-state index < -0.39 is 18.1 Å². The van der Waals surface area contributed by atoms with Gasteiger partial charge in [0.2, 0.25) is 0 Å². The molecule has 14 nitrogen and oxygen atoms in total. The van der Waals surface area contributed by atoms with Gasteiger partial charge in [-0.2, -0.15) is 0 Å². The van der Waals surface area contributed by atoms with Gasteiger partial charge in [-0.1, -0.05) is 24.3 Å². The predicted molar refractivity (Wildman–Crippen MR) is 190 cm³/mol. The van der Waals surface area contributed by atoms with Gasteiger partial charge in [0.05, 0.1) is 37.7 Å². The van der Waals surface area contributed by atoms with Crippen LogP contribution in [0.3, 0.4) is 0 Å². The number of hydrogen-bond acceptors (Lipinski definition) is 9. The van der Waals surface area contributed by atoms with Crippen LogP contribution in [0.2, 0.25) is 0 Å². The Morgan fingerprint density at radius 2 is 1.79 bits per heavy atom. The van der Waals surface area contributed by atoms with Crippen molar-refractivity contribution in [1.82, 2.24) is 30.4 Å². The molecule has 0 saturated carbocycles. The molecule has 2 fully saturated rings. The van der Waals surface area contributed by atoms with E-state index in [4.69, 9.17) is 14.2 Å². The number of para-hydroxylation sites is 1. The second kappa shape index (κ2) is 16.0. The molecule has 270 valence electrons. The van der Waals surface area contributed by atoms with Crippen LogP contribution in [0.15, 0.2) is 85.5 Å². The van der Waals surface area contributed by atoms with E-state index in [1.165, 1.54) is 18.2 Å². The number of aromatic nitrogens is 2. The quantitative estimate of drug-likeness (QED) is 0.245. The number of likely N-dealkylation sites (tertiary alicyclic amines) is 1. The van der Waals surface area contributed by atoms with Crippen LogP contribution in [0, 0.1) is 0 Å². The van der Waals surface area contributed by atoms with Crippen molar-refractivity contribution < 1.29 is 33.4 Å². The summed E-state index contributed by atoms with van der Waals surface area (Å²) in [6.07, 6.45) is 5.35. The average Bonchev–Trinajstić information content (AvgIpc) is 3.85. The van der Waals surface area contributed by atoms with E-state index in [-0.39, 0.29) is 60.8 Å². The van der Waals surface area contributed by atoms with Crippen molar-refractivity contribution in [3.63, 3.8) is 0 Å². The first kappa shape index (κ1) is 34.6. The second-order valence-corrected chi connectivity index (χ2v) is 12.9. The summed E-state index contributed by atoms with van der Waals surface area (Å²) < 4.78 is 19.7. The number of aryl methyl sites for hydroxylation is 1. The van der Waals surface area contributed by atoms with Crippen molar-refractivity contribution in [2.24, 2.45) is 0 Å². The molecule has 14 heteroatoms. The normalized spacial score (nSPS) is 19.1. The highest BCUT2D eigenvalue weighted by Crippen LogP contribution is 2.27. The smallest absolute Gasteiger partial charge is 0.258 e. The molecule has 4 amide bonds. The molecular formula is C38H41N7O7. The Bertz CT molecular complexity index is 1890. The van der Waals surface area contributed by atoms with Gasteiger partial charge in [-0.15, -0.1) is 0 Å². The summed E-state index contributed by atoms with van der Waals surface area (Å²) in [5.41, 5.74) is 2.63. The van der Waals surface area contributed by atoms with Gasteiger partial charge in [-0.3, -0.25) is 19.2 Å². The number of benzene rings is 3. The molecule has 8 rings (SSSR count). The Hall–Kier alpha value is -5.89. The number of carbonyl (C=O) groups is 4. The van der Waals surface area contributed by atoms with E-state index in [0.29, 0.717) is 57.1 Å². The summed E-state index contributed by atoms with van der Waals surface area (Å²) in [5, 5.41) is 8.79. The molecular weight excluding hydrogens is 666 g/mol. The highest BCUT2D eigenvalue weighted by molar-refractivity contribution is 6.01. The zero-order chi connectivity index (χ0) is 35.9. The third kappa shape index (κ3) is 8.35. The van der Waals surface area contributed by atoms with Gasteiger partial charge < -0.3 is 44.5 Å². The second-order valence-electron chi connectivity index (χ2n) is 12.9. The number of fused-ring (bicyclic) bond motifs is 7. The first-order valence-corrected chi connectivity index (χ1v) is 17.5. The Balaban J connectivity index is 1.13. The number of ether oxygens (including phenoxy) is 3. The Morgan fingerprint density at radius 1 is 0.962 bits per heavy atom. The minimum Gasteiger partial charge on any atom is -0.486 e. The SMILES string of the molecule is O=C1COc2cc(C(=O)NCCCn3ccnc3)cc(c2)C(=O)N[C@H]2CN(C(=O)c3ccccc3N3CCOCC3)C[C@@H]2Oc2ccc(cc2)CN1. The number of carbonyl (C=O) groups excluding carboxylic acids is 4. The Labute approximate surface area is 301 Å². The van der Waals surface area contributed by atoms with Crippen LogP contribution in [0.25, 0.3) is 0 Å². The maximum absolute atomic E-state index is 14.1. The average molecular weight is 708 g/mol. The minimum atomic E-state index is -0.587. The lowest BCUT2D eigenvalue weighted by Gasteiger charge is -2.31. The van der Waals surface area contributed by atoms with Crippen molar-refractivity contribution in [1.29, 1.82) is 0 Å². The maximum Gasteiger partial charge on any atom is 0.258 e. The molecule has 0 unspecified atom stereocenters. The molecule has 3 aromatic carbocycles. The highest BCUT2D eigenvalue weighted by Gasteiger charge is 2.39. The molecule has 0 radical (unpaired) electrons. The van der Waals surface area contributed by atoms with Crippen LogP contribution in [0.5, 0.6) is 11.5 Å². The fourth-order valence-electron chi connectivity index (χ4n) is 6.54. The Morgan fingerprint density at radius 3 is 2.60 bits per heavy atom. The summed E-state index contributed by atoms with van der Waals surface area (Å²) >= 11 is 0. The van der Waals surface area contributed by atoms with E-state index in [0.717, 1.165) is 11.3 Å². The van der Waals surface area contributed by atoms with Crippen LogP contribution >= 0.6 is 0 Å². The summed E-state index contributed by atoms with van der Waals surface area (Å²) in [6.45, 7) is 4.00. The van der Waals surface area contributed by atoms with Crippen molar-refractivity contribution in [2.75, 3.05) is 57.4 Å². The summed E-state index contributed by atoms with van der Waals surface area (Å²) in [4.78, 5) is 61.9. The molecule has 4 aliphatic heterocycles. The number of hydrogen-bond donors (Lipinski definition) is 3. The largest absolute Gasteiger partial charge is 0.486 e. The van der Waals surface area contributed by atoms with Crippen LogP contribution in [0.4, 0.5) is 5.69 Å². The number of anilines is 1. The number of imidazole rings is 1. The van der Waals surface area contributed by atoms with E-state index in [9.17, 15) is 19.2 Å². The number of nitrogens with zero attached hydrogens (tertiary/aromatic N) is 4. The molecule has 3 N–H and O–H groups in total. The van der Waals surface area contributed by atoms with Crippen molar-refractivity contribution in [2.45, 2.75) is 31.7 Å². The van der Waals surface area contributed by atoms with Gasteiger partial charge in [0.25, 0.3) is 23.6 Å². The molecule has 4 aliphatic rings. The first-order chi connectivity index (χ1) is 25.4. The van der Waals surface area contributed by atoms with Gasteiger partial charge in [0.15, 0.2) is 6.61 Å². The van der Waals surface area contributed by atoms with Gasteiger partial charge in [0.1, 0.15) is 17.6 Å². The molecule has 52 heavy (non-hydrogen) atoms. The predicted octanol–water partition coefficient (Wildman–Crippen LogP) is 2.25. The van der Waals surface area contributed by atoms with E-state index in [2.05, 4.69) is 25.8 Å². The Kier molecular flexibility index (Phi) is 10.6. The molecule has 2 atom stereocenters. The first-order valence-electron chi connectivity index (χ1n) is 17.5. The number of nitrogens with one attached hydrogen (secondary N) is 3. The van der Waals surface area contributed by atoms with E-state index in [1.807, 2.05) is 47.2 Å². The summed E-state index contributed by atoms with van der Waals surface area (Å²) in [6, 6.07) is 18.8. The molecule has 0 spiro atoms. The molecule has 5 heterocycles. The zero-order valence-corrected chi connectivity index (χ0v) is 28.7. The van der Waals surface area contributed by atoms with Crippen molar-refractivity contribution in [3.8, 4) is 11.5 Å². The summed E-state index contributed by atoms with van der Waals surface area (Å²) in [7, 11) is 0. The van der Waals surface area contributed by atoms with Gasteiger partial charge in [0, 0.05) is 68.5 Å². The number of rotatable bonds is 7. The molecule has 4 aromatic rings. The highest BCUT2D eigenvalue weighted by atomic mass is 16.5. The van der Waals surface area contributed by atoms with Crippen LogP contribution in [-0.4, -0.2) is 103 Å². The van der Waals surface area contributed by atoms with Crippen LogP contribution in [-0.2, 0) is 22.6 Å².